The van der Waals surface area contributed by atoms with Crippen LogP contribution in [0.5, 0.6) is 0 Å². The average Bonchev–Trinajstić information content (AvgIpc) is 2.31. The van der Waals surface area contributed by atoms with Crippen LogP contribution in [-0.2, 0) is 19.2 Å². The Kier molecular flexibility index (Phi) is 4.60. The Morgan fingerprint density at radius 2 is 1.10 bits per heavy atom. The summed E-state index contributed by atoms with van der Waals surface area (Å²) < 4.78 is 0. The molecule has 1 rings (SSSR count). The summed E-state index contributed by atoms with van der Waals surface area (Å²) in [5.74, 6) is -0.757. The Labute approximate surface area is 126 Å². The molecule has 1 saturated heterocycles. The lowest BCUT2D eigenvalue weighted by Gasteiger charge is -2.51. The molecule has 1 aliphatic rings. The van der Waals surface area contributed by atoms with Gasteiger partial charge in [-0.15, -0.1) is 0 Å². The third-order valence-electron chi connectivity index (χ3n) is 3.37. The van der Waals surface area contributed by atoms with Gasteiger partial charge in [0.2, 0.25) is 0 Å². The molecule has 2 unspecified atom stereocenters. The molecule has 2 atom stereocenters. The molecule has 2 amide bonds. The number of amides is 2. The van der Waals surface area contributed by atoms with Gasteiger partial charge in [0.1, 0.15) is 0 Å². The van der Waals surface area contributed by atoms with Crippen molar-refractivity contribution in [2.75, 3.05) is 14.1 Å². The van der Waals surface area contributed by atoms with Crippen LogP contribution in [0.15, 0.2) is 0 Å². The van der Waals surface area contributed by atoms with Gasteiger partial charge in [-0.3, -0.25) is 19.2 Å². The molecular formula is C12H18N2O4S2. The van der Waals surface area contributed by atoms with E-state index in [0.717, 1.165) is 23.5 Å². The molecule has 0 N–H and O–H groups in total. The topological polar surface area (TPSA) is 74.8 Å². The van der Waals surface area contributed by atoms with Crippen LogP contribution in [0.4, 0.5) is 0 Å². The van der Waals surface area contributed by atoms with Gasteiger partial charge in [0.25, 0.3) is 11.8 Å². The summed E-state index contributed by atoms with van der Waals surface area (Å²) in [5.41, 5.74) is 0. The highest BCUT2D eigenvalue weighted by molar-refractivity contribution is 8.16. The zero-order valence-electron chi connectivity index (χ0n) is 12.3. The number of hydrogen-bond donors (Lipinski definition) is 0. The number of rotatable bonds is 2. The van der Waals surface area contributed by atoms with E-state index in [1.165, 1.54) is 51.6 Å². The van der Waals surface area contributed by atoms with Crippen LogP contribution >= 0.6 is 23.5 Å². The second kappa shape index (κ2) is 5.40. The predicted octanol–water partition coefficient (Wildman–Crippen LogP) is 0.909. The van der Waals surface area contributed by atoms with Crippen LogP contribution in [0.3, 0.4) is 0 Å². The van der Waals surface area contributed by atoms with Gasteiger partial charge in [-0.2, -0.15) is 0 Å². The van der Waals surface area contributed by atoms with E-state index >= 15 is 0 Å². The van der Waals surface area contributed by atoms with Gasteiger partial charge >= 0.3 is 0 Å². The lowest BCUT2D eigenvalue weighted by molar-refractivity contribution is -0.161. The molecule has 0 aromatic rings. The third-order valence-corrected chi connectivity index (χ3v) is 5.63. The van der Waals surface area contributed by atoms with Crippen molar-refractivity contribution >= 4 is 45.6 Å². The van der Waals surface area contributed by atoms with Crippen LogP contribution in [-0.4, -0.2) is 55.7 Å². The van der Waals surface area contributed by atoms with Gasteiger partial charge < -0.3 is 9.80 Å². The minimum absolute atomic E-state index is 0.253. The fraction of sp³-hybridized carbons (Fsp3) is 0.667. The number of carbonyl (C=O) groups is 4. The smallest absolute Gasteiger partial charge is 0.260 e. The highest BCUT2D eigenvalue weighted by Gasteiger charge is 2.58. The number of likely N-dealkylation sites (N-methyl/N-ethyl adjacent to an activating group) is 2. The molecule has 20 heavy (non-hydrogen) atoms. The van der Waals surface area contributed by atoms with Crippen molar-refractivity contribution in [2.24, 2.45) is 0 Å². The predicted molar refractivity (Wildman–Crippen MR) is 78.9 cm³/mol. The van der Waals surface area contributed by atoms with E-state index in [-0.39, 0.29) is 22.0 Å². The standard InChI is InChI=1S/C12H18N2O4S2/c1-7(15)19-11(3)9(17)14(6)12(4,20-8(2)16)10(18)13(11)5/h1-6H3. The Balaban J connectivity index is 3.28. The molecule has 0 bridgehead atoms. The fourth-order valence-corrected chi connectivity index (χ4v) is 4.09. The average molecular weight is 318 g/mol. The Bertz CT molecular complexity index is 452. The zero-order chi connectivity index (χ0) is 15.9. The maximum absolute atomic E-state index is 12.6. The van der Waals surface area contributed by atoms with E-state index in [1.807, 2.05) is 0 Å². The SMILES string of the molecule is CC(=O)SC1(C)C(=O)N(C)C(C)(SC(C)=O)C(=O)N1C. The quantitative estimate of drug-likeness (QED) is 0.753. The van der Waals surface area contributed by atoms with Crippen molar-refractivity contribution in [2.45, 2.75) is 37.4 Å². The van der Waals surface area contributed by atoms with Gasteiger partial charge in [-0.05, 0) is 13.8 Å². The van der Waals surface area contributed by atoms with Crippen LogP contribution in [0.25, 0.3) is 0 Å². The van der Waals surface area contributed by atoms with Crippen LogP contribution in [0.2, 0.25) is 0 Å². The highest BCUT2D eigenvalue weighted by atomic mass is 32.2. The van der Waals surface area contributed by atoms with Crippen LogP contribution in [0, 0.1) is 0 Å². The summed E-state index contributed by atoms with van der Waals surface area (Å²) in [6, 6.07) is 0. The van der Waals surface area contributed by atoms with E-state index in [0.29, 0.717) is 0 Å². The van der Waals surface area contributed by atoms with Crippen molar-refractivity contribution in [1.29, 1.82) is 0 Å². The van der Waals surface area contributed by atoms with Gasteiger partial charge in [-0.25, -0.2) is 0 Å². The molecule has 112 valence electrons. The first-order valence-electron chi connectivity index (χ1n) is 5.92. The Morgan fingerprint density at radius 1 is 0.850 bits per heavy atom. The van der Waals surface area contributed by atoms with E-state index in [4.69, 9.17) is 0 Å². The molecule has 0 saturated carbocycles. The highest BCUT2D eigenvalue weighted by Crippen LogP contribution is 2.43. The molecule has 1 aliphatic heterocycles. The second-order valence-electron chi connectivity index (χ2n) is 4.88. The molecule has 0 aromatic carbocycles. The maximum Gasteiger partial charge on any atom is 0.260 e. The molecule has 0 aromatic heterocycles. The molecule has 0 aliphatic carbocycles. The van der Waals surface area contributed by atoms with Crippen molar-refractivity contribution in [3.05, 3.63) is 0 Å². The van der Waals surface area contributed by atoms with Gasteiger partial charge in [0.05, 0.1) is 0 Å². The lowest BCUT2D eigenvalue weighted by Crippen LogP contribution is -2.71. The number of thioether (sulfide) groups is 2. The molecule has 0 spiro atoms. The van der Waals surface area contributed by atoms with Gasteiger partial charge in [-0.1, -0.05) is 23.5 Å². The first-order valence-corrected chi connectivity index (χ1v) is 7.55. The minimum Gasteiger partial charge on any atom is -0.320 e. The molecule has 1 fully saturated rings. The van der Waals surface area contributed by atoms with Crippen molar-refractivity contribution in [1.82, 2.24) is 9.80 Å². The number of hydrogen-bond acceptors (Lipinski definition) is 6. The van der Waals surface area contributed by atoms with Crippen molar-refractivity contribution in [3.63, 3.8) is 0 Å². The summed E-state index contributed by atoms with van der Waals surface area (Å²) >= 11 is 1.60. The summed E-state index contributed by atoms with van der Waals surface area (Å²) in [5, 5.41) is -0.506. The molecule has 1 heterocycles. The van der Waals surface area contributed by atoms with Crippen LogP contribution in [0.1, 0.15) is 27.7 Å². The Morgan fingerprint density at radius 3 is 1.30 bits per heavy atom. The monoisotopic (exact) mass is 318 g/mol. The normalized spacial score (nSPS) is 30.7. The minimum atomic E-state index is -1.28. The summed E-state index contributed by atoms with van der Waals surface area (Å²) in [4.78, 5) is 47.8. The first-order chi connectivity index (χ1) is 8.96. The molecule has 8 heteroatoms. The van der Waals surface area contributed by atoms with Gasteiger partial charge in [0.15, 0.2) is 20.0 Å². The summed E-state index contributed by atoms with van der Waals surface area (Å²) in [7, 11) is 2.95. The van der Waals surface area contributed by atoms with E-state index in [9.17, 15) is 19.2 Å². The van der Waals surface area contributed by atoms with E-state index in [2.05, 4.69) is 0 Å². The Hall–Kier alpha value is -1.02. The first kappa shape index (κ1) is 17.0. The fourth-order valence-electron chi connectivity index (χ4n) is 2.08. The van der Waals surface area contributed by atoms with E-state index in [1.54, 1.807) is 0 Å². The third kappa shape index (κ3) is 2.58. The zero-order valence-corrected chi connectivity index (χ0v) is 14.0. The molecular weight excluding hydrogens is 300 g/mol. The number of carbonyl (C=O) groups excluding carboxylic acids is 4. The molecule has 0 radical (unpaired) electrons. The van der Waals surface area contributed by atoms with E-state index < -0.39 is 9.74 Å². The lowest BCUT2D eigenvalue weighted by atomic mass is 10.1. The second-order valence-corrected chi connectivity index (χ2v) is 8.03. The van der Waals surface area contributed by atoms with Crippen molar-refractivity contribution < 1.29 is 19.2 Å². The summed E-state index contributed by atoms with van der Waals surface area (Å²) in [6.45, 7) is 5.76. The van der Waals surface area contributed by atoms with Crippen molar-refractivity contribution in [3.8, 4) is 0 Å². The number of nitrogens with zero attached hydrogens (tertiary/aromatic N) is 2. The maximum atomic E-state index is 12.6. The largest absolute Gasteiger partial charge is 0.320 e. The number of piperazine rings is 1. The molecule has 6 nitrogen and oxygen atoms in total. The summed E-state index contributed by atoms with van der Waals surface area (Å²) in [6.07, 6.45) is 0. The van der Waals surface area contributed by atoms with Gasteiger partial charge in [0, 0.05) is 27.9 Å². The van der Waals surface area contributed by atoms with Crippen LogP contribution < -0.4 is 0 Å².